The molecular weight excluding hydrogens is 414 g/mol. The quantitative estimate of drug-likeness (QED) is 0.433. The molecule has 0 amide bonds. The smallest absolute Gasteiger partial charge is 0.419 e. The van der Waals surface area contributed by atoms with Crippen LogP contribution < -0.4 is 5.43 Å². The lowest BCUT2D eigenvalue weighted by Crippen LogP contribution is -2.22. The summed E-state index contributed by atoms with van der Waals surface area (Å²) in [5.74, 6) is -2.54. The van der Waals surface area contributed by atoms with Gasteiger partial charge in [-0.05, 0) is 36.8 Å². The molecule has 0 saturated heterocycles. The van der Waals surface area contributed by atoms with E-state index in [-0.39, 0.29) is 24.1 Å². The van der Waals surface area contributed by atoms with E-state index >= 15 is 0 Å². The van der Waals surface area contributed by atoms with E-state index < -0.39 is 34.5 Å². The number of halogens is 5. The first kappa shape index (κ1) is 20.9. The van der Waals surface area contributed by atoms with Crippen LogP contribution in [0.2, 0.25) is 5.02 Å². The van der Waals surface area contributed by atoms with E-state index in [2.05, 4.69) is 0 Å². The van der Waals surface area contributed by atoms with Gasteiger partial charge in [-0.2, -0.15) is 13.2 Å². The van der Waals surface area contributed by atoms with Crippen molar-refractivity contribution >= 4 is 28.5 Å². The number of nitrogens with zero attached hydrogens (tertiary/aromatic N) is 1. The number of rotatable bonds is 4. The minimum atomic E-state index is -4.95. The molecule has 3 rings (SSSR count). The predicted molar refractivity (Wildman–Crippen MR) is 99.7 cm³/mol. The van der Waals surface area contributed by atoms with E-state index in [1.165, 1.54) is 4.57 Å². The van der Waals surface area contributed by atoms with Crippen LogP contribution in [0.25, 0.3) is 10.9 Å². The van der Waals surface area contributed by atoms with Gasteiger partial charge in [-0.3, -0.25) is 4.79 Å². The Balaban J connectivity index is 2.31. The van der Waals surface area contributed by atoms with Crippen LogP contribution in [0.4, 0.5) is 17.6 Å². The van der Waals surface area contributed by atoms with E-state index in [9.17, 15) is 27.2 Å². The molecule has 4 nitrogen and oxygen atoms in total. The Morgan fingerprint density at radius 3 is 2.55 bits per heavy atom. The molecule has 2 aromatic carbocycles. The minimum Gasteiger partial charge on any atom is -0.462 e. The van der Waals surface area contributed by atoms with Crippen LogP contribution in [0.5, 0.6) is 0 Å². The number of ether oxygens (including phenoxy) is 1. The number of aromatic nitrogens is 1. The molecule has 3 aromatic rings. The van der Waals surface area contributed by atoms with E-state index in [1.807, 2.05) is 0 Å². The van der Waals surface area contributed by atoms with Crippen molar-refractivity contribution in [3.63, 3.8) is 0 Å². The average Bonchev–Trinajstić information content (AvgIpc) is 2.63. The Kier molecular flexibility index (Phi) is 5.66. The highest BCUT2D eigenvalue weighted by atomic mass is 35.5. The van der Waals surface area contributed by atoms with Gasteiger partial charge in [0, 0.05) is 23.2 Å². The Morgan fingerprint density at radius 2 is 1.93 bits per heavy atom. The lowest BCUT2D eigenvalue weighted by atomic mass is 10.1. The number of esters is 1. The molecule has 0 aliphatic rings. The number of pyridine rings is 1. The summed E-state index contributed by atoms with van der Waals surface area (Å²) in [5.41, 5.74) is -2.38. The van der Waals surface area contributed by atoms with Crippen molar-refractivity contribution in [2.75, 3.05) is 6.61 Å². The third-order valence-corrected chi connectivity index (χ3v) is 4.45. The molecule has 1 aromatic heterocycles. The molecule has 0 spiro atoms. The molecule has 0 fully saturated rings. The first-order chi connectivity index (χ1) is 13.6. The maximum absolute atomic E-state index is 14.1. The van der Waals surface area contributed by atoms with Crippen LogP contribution in [-0.2, 0) is 17.5 Å². The number of carbonyl (C=O) groups is 1. The molecule has 0 aliphatic heterocycles. The van der Waals surface area contributed by atoms with Crippen LogP contribution in [0.15, 0.2) is 47.4 Å². The fraction of sp³-hybridized carbons (Fsp3) is 0.200. The van der Waals surface area contributed by atoms with Crippen molar-refractivity contribution in [3.05, 3.63) is 80.3 Å². The first-order valence-electron chi connectivity index (χ1n) is 8.47. The second kappa shape index (κ2) is 7.87. The maximum atomic E-state index is 14.1. The van der Waals surface area contributed by atoms with E-state index in [4.69, 9.17) is 16.3 Å². The van der Waals surface area contributed by atoms with Crippen molar-refractivity contribution in [2.45, 2.75) is 19.6 Å². The Morgan fingerprint density at radius 1 is 1.21 bits per heavy atom. The van der Waals surface area contributed by atoms with Gasteiger partial charge in [-0.1, -0.05) is 23.7 Å². The van der Waals surface area contributed by atoms with Crippen molar-refractivity contribution in [1.82, 2.24) is 4.57 Å². The van der Waals surface area contributed by atoms with Gasteiger partial charge in [0.2, 0.25) is 5.43 Å². The van der Waals surface area contributed by atoms with Gasteiger partial charge in [0.1, 0.15) is 11.4 Å². The largest absolute Gasteiger partial charge is 0.462 e. The molecule has 0 atom stereocenters. The molecule has 0 aliphatic carbocycles. The zero-order valence-electron chi connectivity index (χ0n) is 15.0. The number of fused-ring (bicyclic) bond motifs is 1. The van der Waals surface area contributed by atoms with Gasteiger partial charge in [0.15, 0.2) is 0 Å². The molecule has 29 heavy (non-hydrogen) atoms. The summed E-state index contributed by atoms with van der Waals surface area (Å²) < 4.78 is 59.7. The summed E-state index contributed by atoms with van der Waals surface area (Å²) in [6.07, 6.45) is -3.84. The van der Waals surface area contributed by atoms with Gasteiger partial charge in [-0.25, -0.2) is 9.18 Å². The lowest BCUT2D eigenvalue weighted by molar-refractivity contribution is -0.139. The summed E-state index contributed by atoms with van der Waals surface area (Å²) in [6.45, 7) is 1.53. The summed E-state index contributed by atoms with van der Waals surface area (Å²) in [5, 5.41) is 0.0450. The summed E-state index contributed by atoms with van der Waals surface area (Å²) in [7, 11) is 0. The van der Waals surface area contributed by atoms with Gasteiger partial charge in [-0.15, -0.1) is 0 Å². The highest BCUT2D eigenvalue weighted by Gasteiger charge is 2.35. The summed E-state index contributed by atoms with van der Waals surface area (Å²) in [4.78, 5) is 24.8. The third kappa shape index (κ3) is 4.27. The Hall–Kier alpha value is -2.87. The number of benzene rings is 2. The average molecular weight is 428 g/mol. The van der Waals surface area contributed by atoms with Crippen molar-refractivity contribution in [3.8, 4) is 0 Å². The molecular formula is C20H14ClF4NO3. The van der Waals surface area contributed by atoms with Crippen LogP contribution in [0.1, 0.15) is 28.4 Å². The number of hydrogen-bond donors (Lipinski definition) is 0. The van der Waals surface area contributed by atoms with E-state index in [0.29, 0.717) is 22.7 Å². The molecule has 0 saturated carbocycles. The number of hydrogen-bond acceptors (Lipinski definition) is 3. The van der Waals surface area contributed by atoms with Crippen molar-refractivity contribution in [1.29, 1.82) is 0 Å². The van der Waals surface area contributed by atoms with Crippen LogP contribution in [0.3, 0.4) is 0 Å². The number of carbonyl (C=O) groups excluding carboxylic acids is 1. The second-order valence-corrected chi connectivity index (χ2v) is 6.63. The highest BCUT2D eigenvalue weighted by molar-refractivity contribution is 6.30. The normalized spacial score (nSPS) is 11.7. The Labute approximate surface area is 167 Å². The monoisotopic (exact) mass is 427 g/mol. The first-order valence-corrected chi connectivity index (χ1v) is 8.85. The molecule has 0 N–H and O–H groups in total. The lowest BCUT2D eigenvalue weighted by Gasteiger charge is -2.16. The van der Waals surface area contributed by atoms with Gasteiger partial charge < -0.3 is 9.30 Å². The van der Waals surface area contributed by atoms with Crippen LogP contribution in [-0.4, -0.2) is 17.1 Å². The summed E-state index contributed by atoms with van der Waals surface area (Å²) in [6, 6.07) is 7.59. The van der Waals surface area contributed by atoms with Gasteiger partial charge >= 0.3 is 12.1 Å². The fourth-order valence-corrected chi connectivity index (χ4v) is 3.16. The predicted octanol–water partition coefficient (Wildman–Crippen LogP) is 5.04. The molecule has 152 valence electrons. The molecule has 0 radical (unpaired) electrons. The molecule has 0 unspecified atom stereocenters. The van der Waals surface area contributed by atoms with Crippen LogP contribution >= 0.6 is 11.6 Å². The molecule has 1 heterocycles. The highest BCUT2D eigenvalue weighted by Crippen LogP contribution is 2.33. The standard InChI is InChI=1S/C20H14ClF4NO3/c1-2-29-19(28)14-10-26(9-11-4-3-5-12(21)6-11)17-8-15(20(23,24)25)16(22)7-13(17)18(14)27/h3-8,10H,2,9H2,1H3. The van der Waals surface area contributed by atoms with Gasteiger partial charge in [0.25, 0.3) is 0 Å². The molecule has 0 bridgehead atoms. The summed E-state index contributed by atoms with van der Waals surface area (Å²) >= 11 is 5.95. The zero-order chi connectivity index (χ0) is 21.3. The van der Waals surface area contributed by atoms with E-state index in [1.54, 1.807) is 31.2 Å². The molecule has 9 heteroatoms. The second-order valence-electron chi connectivity index (χ2n) is 6.20. The topological polar surface area (TPSA) is 48.3 Å². The Bertz CT molecular complexity index is 1150. The van der Waals surface area contributed by atoms with Crippen molar-refractivity contribution < 1.29 is 27.1 Å². The van der Waals surface area contributed by atoms with E-state index in [0.717, 1.165) is 6.20 Å². The van der Waals surface area contributed by atoms with Crippen LogP contribution in [0, 0.1) is 5.82 Å². The zero-order valence-corrected chi connectivity index (χ0v) is 15.8. The van der Waals surface area contributed by atoms with Crippen molar-refractivity contribution in [2.24, 2.45) is 0 Å². The minimum absolute atomic E-state index is 0.00727. The fourth-order valence-electron chi connectivity index (χ4n) is 2.94. The maximum Gasteiger partial charge on any atom is 0.419 e. The van der Waals surface area contributed by atoms with Gasteiger partial charge in [0.05, 0.1) is 17.7 Å². The third-order valence-electron chi connectivity index (χ3n) is 4.21. The number of alkyl halides is 3. The SMILES string of the molecule is CCOC(=O)c1cn(Cc2cccc(Cl)c2)c2cc(C(F)(F)F)c(F)cc2c1=O.